The number of likely N-dealkylation sites (N-methyl/N-ethyl adjacent to an activating group) is 1. The Labute approximate surface area is 128 Å². The van der Waals surface area contributed by atoms with Gasteiger partial charge in [0.2, 0.25) is 5.91 Å². The highest BCUT2D eigenvalue weighted by molar-refractivity contribution is 9.10. The van der Waals surface area contributed by atoms with Crippen molar-refractivity contribution in [2.24, 2.45) is 0 Å². The summed E-state index contributed by atoms with van der Waals surface area (Å²) in [5, 5.41) is 10.1. The molecule has 110 valence electrons. The Morgan fingerprint density at radius 1 is 1.40 bits per heavy atom. The fraction of sp³-hybridized carbons (Fsp3) is 0.533. The highest BCUT2D eigenvalue weighted by atomic mass is 79.9. The molecule has 0 aromatic heterocycles. The van der Waals surface area contributed by atoms with Crippen molar-refractivity contribution >= 4 is 21.8 Å². The molecule has 0 saturated carbocycles. The zero-order valence-electron chi connectivity index (χ0n) is 11.8. The molecule has 1 unspecified atom stereocenters. The second-order valence-electron chi connectivity index (χ2n) is 5.42. The lowest BCUT2D eigenvalue weighted by Crippen LogP contribution is -2.39. The Kier molecular flexibility index (Phi) is 5.57. The van der Waals surface area contributed by atoms with Gasteiger partial charge in [-0.2, -0.15) is 0 Å². The van der Waals surface area contributed by atoms with Crippen molar-refractivity contribution in [3.05, 3.63) is 34.3 Å². The maximum atomic E-state index is 11.5. The van der Waals surface area contributed by atoms with Gasteiger partial charge in [-0.05, 0) is 31.2 Å². The summed E-state index contributed by atoms with van der Waals surface area (Å²) >= 11 is 3.42. The molecule has 1 aliphatic rings. The minimum atomic E-state index is -0.488. The topological polar surface area (TPSA) is 43.8 Å². The van der Waals surface area contributed by atoms with Crippen molar-refractivity contribution in [2.75, 3.05) is 26.7 Å². The van der Waals surface area contributed by atoms with Crippen LogP contribution in [-0.2, 0) is 11.3 Å². The second kappa shape index (κ2) is 7.20. The summed E-state index contributed by atoms with van der Waals surface area (Å²) in [6.07, 6.45) is 1.05. The van der Waals surface area contributed by atoms with Crippen LogP contribution in [0.2, 0.25) is 0 Å². The molecule has 1 atom stereocenters. The van der Waals surface area contributed by atoms with Crippen LogP contribution < -0.4 is 0 Å². The molecular weight excluding hydrogens is 320 g/mol. The Balaban J connectivity index is 1.77. The molecule has 0 aliphatic carbocycles. The van der Waals surface area contributed by atoms with E-state index in [4.69, 9.17) is 0 Å². The van der Waals surface area contributed by atoms with Gasteiger partial charge in [-0.15, -0.1) is 0 Å². The van der Waals surface area contributed by atoms with E-state index < -0.39 is 6.10 Å². The first-order valence-corrected chi connectivity index (χ1v) is 7.73. The van der Waals surface area contributed by atoms with Gasteiger partial charge >= 0.3 is 0 Å². The third kappa shape index (κ3) is 4.58. The Bertz CT molecular complexity index is 450. The largest absolute Gasteiger partial charge is 0.390 e. The predicted octanol–water partition coefficient (Wildman–Crippen LogP) is 1.86. The number of β-amino-alcohol motifs (C(OH)–C–C–N with tert-alkyl or cyclic N) is 1. The van der Waals surface area contributed by atoms with Gasteiger partial charge in [0.1, 0.15) is 0 Å². The maximum Gasteiger partial charge on any atom is 0.222 e. The first-order valence-electron chi connectivity index (χ1n) is 6.93. The third-order valence-corrected chi connectivity index (χ3v) is 4.02. The molecule has 1 saturated heterocycles. The number of amides is 1. The van der Waals surface area contributed by atoms with Crippen LogP contribution >= 0.6 is 15.9 Å². The molecule has 1 N–H and O–H groups in total. The average Bonchev–Trinajstić information content (AvgIpc) is 2.77. The minimum absolute atomic E-state index is 0.166. The molecule has 1 aliphatic heterocycles. The number of halogens is 1. The van der Waals surface area contributed by atoms with Crippen LogP contribution in [0.5, 0.6) is 0 Å². The molecule has 4 nitrogen and oxygen atoms in total. The number of aliphatic hydroxyl groups is 1. The number of benzene rings is 1. The highest BCUT2D eigenvalue weighted by Crippen LogP contribution is 2.13. The molecule has 1 aromatic rings. The maximum absolute atomic E-state index is 11.5. The molecule has 5 heteroatoms. The van der Waals surface area contributed by atoms with Crippen molar-refractivity contribution in [3.63, 3.8) is 0 Å². The molecule has 0 spiro atoms. The lowest BCUT2D eigenvalue weighted by atomic mass is 10.2. The summed E-state index contributed by atoms with van der Waals surface area (Å²) in [6, 6.07) is 8.17. The number of hydrogen-bond donors (Lipinski definition) is 1. The number of carbonyl (C=O) groups is 1. The van der Waals surface area contributed by atoms with E-state index in [9.17, 15) is 9.90 Å². The summed E-state index contributed by atoms with van der Waals surface area (Å²) in [4.78, 5) is 15.4. The second-order valence-corrected chi connectivity index (χ2v) is 6.34. The first kappa shape index (κ1) is 15.5. The molecule has 0 bridgehead atoms. The van der Waals surface area contributed by atoms with Gasteiger partial charge in [0.15, 0.2) is 0 Å². The average molecular weight is 341 g/mol. The highest BCUT2D eigenvalue weighted by Gasteiger charge is 2.22. The van der Waals surface area contributed by atoms with Crippen LogP contribution in [0.25, 0.3) is 0 Å². The summed E-state index contributed by atoms with van der Waals surface area (Å²) < 4.78 is 1.07. The standard InChI is InChI=1S/C15H21BrN2O2/c1-17(9-12-4-6-13(16)7-5-12)10-14(19)11-18-8-2-3-15(18)20/h4-7,14,19H,2-3,8-11H2,1H3. The molecule has 1 amide bonds. The Morgan fingerprint density at radius 3 is 2.70 bits per heavy atom. The van der Waals surface area contributed by atoms with Crippen molar-refractivity contribution in [1.29, 1.82) is 0 Å². The molecule has 1 aromatic carbocycles. The molecule has 2 rings (SSSR count). The Morgan fingerprint density at radius 2 is 2.10 bits per heavy atom. The molecule has 1 fully saturated rings. The summed E-state index contributed by atoms with van der Waals surface area (Å²) in [6.45, 7) is 2.59. The van der Waals surface area contributed by atoms with Crippen LogP contribution in [0, 0.1) is 0 Å². The van der Waals surface area contributed by atoms with E-state index in [2.05, 4.69) is 33.0 Å². The predicted molar refractivity (Wildman–Crippen MR) is 82.3 cm³/mol. The third-order valence-electron chi connectivity index (χ3n) is 3.49. The number of hydrogen-bond acceptors (Lipinski definition) is 3. The number of nitrogens with zero attached hydrogens (tertiary/aromatic N) is 2. The van der Waals surface area contributed by atoms with Gasteiger partial charge < -0.3 is 10.0 Å². The van der Waals surface area contributed by atoms with Crippen LogP contribution in [0.4, 0.5) is 0 Å². The summed E-state index contributed by atoms with van der Waals surface area (Å²) in [7, 11) is 1.98. The van der Waals surface area contributed by atoms with Gasteiger partial charge in [0.05, 0.1) is 6.10 Å². The van der Waals surface area contributed by atoms with Gasteiger partial charge in [-0.25, -0.2) is 0 Å². The lowest BCUT2D eigenvalue weighted by molar-refractivity contribution is -0.129. The number of rotatable bonds is 6. The van der Waals surface area contributed by atoms with E-state index in [1.807, 2.05) is 19.2 Å². The van der Waals surface area contributed by atoms with Gasteiger partial charge in [-0.3, -0.25) is 9.69 Å². The smallest absolute Gasteiger partial charge is 0.222 e. The van der Waals surface area contributed by atoms with Gasteiger partial charge in [0, 0.05) is 37.1 Å². The number of likely N-dealkylation sites (tertiary alicyclic amines) is 1. The van der Waals surface area contributed by atoms with Crippen LogP contribution in [0.3, 0.4) is 0 Å². The monoisotopic (exact) mass is 340 g/mol. The number of aliphatic hydroxyl groups excluding tert-OH is 1. The lowest BCUT2D eigenvalue weighted by Gasteiger charge is -2.24. The molecule has 20 heavy (non-hydrogen) atoms. The Hall–Kier alpha value is -0.910. The van der Waals surface area contributed by atoms with E-state index >= 15 is 0 Å². The van der Waals surface area contributed by atoms with E-state index in [1.54, 1.807) is 4.90 Å². The zero-order chi connectivity index (χ0) is 14.5. The van der Waals surface area contributed by atoms with E-state index in [0.29, 0.717) is 19.5 Å². The molecule has 0 radical (unpaired) electrons. The van der Waals surface area contributed by atoms with Crippen LogP contribution in [-0.4, -0.2) is 53.6 Å². The minimum Gasteiger partial charge on any atom is -0.390 e. The van der Waals surface area contributed by atoms with E-state index in [-0.39, 0.29) is 5.91 Å². The molecule has 1 heterocycles. The quantitative estimate of drug-likeness (QED) is 0.859. The molecular formula is C15H21BrN2O2. The number of carbonyl (C=O) groups excluding carboxylic acids is 1. The SMILES string of the molecule is CN(Cc1ccc(Br)cc1)CC(O)CN1CCCC1=O. The van der Waals surface area contributed by atoms with Crippen LogP contribution in [0.1, 0.15) is 18.4 Å². The van der Waals surface area contributed by atoms with Gasteiger partial charge in [-0.1, -0.05) is 28.1 Å². The fourth-order valence-corrected chi connectivity index (χ4v) is 2.80. The van der Waals surface area contributed by atoms with Crippen molar-refractivity contribution in [2.45, 2.75) is 25.5 Å². The van der Waals surface area contributed by atoms with Crippen molar-refractivity contribution in [1.82, 2.24) is 9.80 Å². The fourth-order valence-electron chi connectivity index (χ4n) is 2.54. The zero-order valence-corrected chi connectivity index (χ0v) is 13.3. The van der Waals surface area contributed by atoms with Crippen LogP contribution in [0.15, 0.2) is 28.7 Å². The van der Waals surface area contributed by atoms with E-state index in [1.165, 1.54) is 5.56 Å². The van der Waals surface area contributed by atoms with Crippen molar-refractivity contribution in [3.8, 4) is 0 Å². The van der Waals surface area contributed by atoms with Gasteiger partial charge in [0.25, 0.3) is 0 Å². The normalized spacial score (nSPS) is 17.0. The van der Waals surface area contributed by atoms with Crippen molar-refractivity contribution < 1.29 is 9.90 Å². The summed E-state index contributed by atoms with van der Waals surface area (Å²) in [5.41, 5.74) is 1.21. The summed E-state index contributed by atoms with van der Waals surface area (Å²) in [5.74, 6) is 0.166. The van der Waals surface area contributed by atoms with E-state index in [0.717, 1.165) is 24.0 Å². The first-order chi connectivity index (χ1) is 9.54.